The lowest BCUT2D eigenvalue weighted by atomic mass is 9.39. The predicted octanol–water partition coefficient (Wildman–Crippen LogP) is 0.0258. The summed E-state index contributed by atoms with van der Waals surface area (Å²) in [6, 6.07) is 0. The van der Waals surface area contributed by atoms with E-state index in [1.807, 2.05) is 0 Å². The zero-order valence-electron chi connectivity index (χ0n) is 16.0. The lowest BCUT2D eigenvalue weighted by Gasteiger charge is -2.67. The Morgan fingerprint density at radius 1 is 0.923 bits per heavy atom. The van der Waals surface area contributed by atoms with E-state index in [-0.39, 0.29) is 22.7 Å². The first kappa shape index (κ1) is 19.1. The van der Waals surface area contributed by atoms with Gasteiger partial charge in [-0.25, -0.2) is 0 Å². The van der Waals surface area contributed by atoms with Gasteiger partial charge in [0.1, 0.15) is 5.60 Å². The quantitative estimate of drug-likeness (QED) is 0.387. The first-order chi connectivity index (χ1) is 12.0. The summed E-state index contributed by atoms with van der Waals surface area (Å²) in [4.78, 5) is 0. The van der Waals surface area contributed by atoms with Crippen molar-refractivity contribution >= 4 is 0 Å². The van der Waals surface area contributed by atoms with E-state index in [4.69, 9.17) is 0 Å². The van der Waals surface area contributed by atoms with Gasteiger partial charge in [0, 0.05) is 5.92 Å². The Labute approximate surface area is 154 Å². The van der Waals surface area contributed by atoms with Gasteiger partial charge in [0.05, 0.1) is 36.4 Å². The lowest BCUT2D eigenvalue weighted by Crippen LogP contribution is -2.73. The monoisotopic (exact) mass is 370 g/mol. The predicted molar refractivity (Wildman–Crippen MR) is 93.9 cm³/mol. The average Bonchev–Trinajstić information content (AvgIpc) is 2.66. The molecule has 0 saturated heterocycles. The largest absolute Gasteiger partial charge is 0.393 e. The zero-order chi connectivity index (χ0) is 19.3. The molecule has 0 amide bonds. The van der Waals surface area contributed by atoms with Gasteiger partial charge in [-0.15, -0.1) is 0 Å². The van der Waals surface area contributed by atoms with E-state index in [2.05, 4.69) is 20.8 Å². The van der Waals surface area contributed by atoms with Crippen LogP contribution in [0.15, 0.2) is 0 Å². The summed E-state index contributed by atoms with van der Waals surface area (Å²) in [5.74, 6) is -1.06. The Kier molecular flexibility index (Phi) is 3.98. The molecular weight excluding hydrogens is 336 g/mol. The van der Waals surface area contributed by atoms with Crippen LogP contribution < -0.4 is 0 Å². The second kappa shape index (κ2) is 5.43. The highest BCUT2D eigenvalue weighted by molar-refractivity contribution is 5.28. The summed E-state index contributed by atoms with van der Waals surface area (Å²) >= 11 is 0. The number of hydrogen-bond donors (Lipinski definition) is 6. The molecule has 2 bridgehead atoms. The average molecular weight is 370 g/mol. The van der Waals surface area contributed by atoms with Crippen molar-refractivity contribution in [1.29, 1.82) is 0 Å². The van der Waals surface area contributed by atoms with Gasteiger partial charge in [-0.2, -0.15) is 0 Å². The number of rotatable bonds is 1. The Morgan fingerprint density at radius 2 is 1.58 bits per heavy atom. The van der Waals surface area contributed by atoms with Crippen molar-refractivity contribution in [1.82, 2.24) is 0 Å². The van der Waals surface area contributed by atoms with Crippen LogP contribution in [0.4, 0.5) is 0 Å². The summed E-state index contributed by atoms with van der Waals surface area (Å²) in [6.45, 7) is 5.70. The lowest BCUT2D eigenvalue weighted by molar-refractivity contribution is -0.294. The van der Waals surface area contributed by atoms with E-state index in [1.165, 1.54) is 0 Å². The van der Waals surface area contributed by atoms with Crippen molar-refractivity contribution in [3.8, 4) is 0 Å². The van der Waals surface area contributed by atoms with Gasteiger partial charge >= 0.3 is 0 Å². The fraction of sp³-hybridized carbons (Fsp3) is 1.00. The number of hydrogen-bond acceptors (Lipinski definition) is 6. The third kappa shape index (κ3) is 1.84. The van der Waals surface area contributed by atoms with Gasteiger partial charge in [-0.3, -0.25) is 0 Å². The molecule has 4 saturated carbocycles. The molecule has 6 heteroatoms. The summed E-state index contributed by atoms with van der Waals surface area (Å²) in [5.41, 5.74) is -3.76. The highest BCUT2D eigenvalue weighted by Gasteiger charge is 2.79. The zero-order valence-corrected chi connectivity index (χ0v) is 16.0. The summed E-state index contributed by atoms with van der Waals surface area (Å²) in [6.07, 6.45) is -1.08. The highest BCUT2D eigenvalue weighted by atomic mass is 16.4. The fourth-order valence-corrected chi connectivity index (χ4v) is 8.32. The summed E-state index contributed by atoms with van der Waals surface area (Å²) in [7, 11) is 0. The molecule has 10 atom stereocenters. The molecule has 1 spiro atoms. The van der Waals surface area contributed by atoms with Gasteiger partial charge < -0.3 is 30.6 Å². The van der Waals surface area contributed by atoms with Crippen LogP contribution in [-0.4, -0.2) is 67.3 Å². The van der Waals surface area contributed by atoms with E-state index in [0.29, 0.717) is 12.8 Å². The molecule has 4 fully saturated rings. The first-order valence-electron chi connectivity index (χ1n) is 10.0. The Bertz CT molecular complexity index is 595. The maximum absolute atomic E-state index is 11.2. The normalized spacial score (nSPS) is 61.0. The second-order valence-electron chi connectivity index (χ2n) is 10.5. The number of aliphatic hydroxyl groups excluding tert-OH is 5. The maximum Gasteiger partial charge on any atom is 0.119 e. The van der Waals surface area contributed by atoms with Crippen molar-refractivity contribution in [2.45, 2.75) is 82.9 Å². The third-order valence-corrected chi connectivity index (χ3v) is 9.17. The van der Waals surface area contributed by atoms with Crippen LogP contribution in [0.5, 0.6) is 0 Å². The fourth-order valence-electron chi connectivity index (χ4n) is 8.32. The Morgan fingerprint density at radius 3 is 2.19 bits per heavy atom. The van der Waals surface area contributed by atoms with E-state index in [9.17, 15) is 30.6 Å². The van der Waals surface area contributed by atoms with Crippen molar-refractivity contribution in [2.75, 3.05) is 6.61 Å². The minimum absolute atomic E-state index is 0.145. The molecule has 150 valence electrons. The van der Waals surface area contributed by atoms with Gasteiger partial charge in [-0.1, -0.05) is 27.2 Å². The molecule has 0 aromatic rings. The standard InChI is InChI=1S/C20H34O6/c1-17(2)7-4-8-18(3)11-6-5-10-14(23)20(11,15(24)12(22)13(17)18)16(25)19(10,26)9-21/h10-16,21-26H,4-9H2,1-3H3/t10-,11+,12?,13-,14?,15?,16?,18+,19+,20+/m0/s1. The van der Waals surface area contributed by atoms with E-state index < -0.39 is 48.0 Å². The van der Waals surface area contributed by atoms with Gasteiger partial charge in [0.25, 0.3) is 0 Å². The summed E-state index contributed by atoms with van der Waals surface area (Å²) in [5, 5.41) is 65.5. The van der Waals surface area contributed by atoms with Crippen LogP contribution in [0, 0.1) is 34.0 Å². The first-order valence-corrected chi connectivity index (χ1v) is 10.0. The Hall–Kier alpha value is -0.240. The molecule has 0 aromatic heterocycles. The van der Waals surface area contributed by atoms with Crippen molar-refractivity contribution in [3.05, 3.63) is 0 Å². The van der Waals surface area contributed by atoms with Gasteiger partial charge in [-0.05, 0) is 48.3 Å². The van der Waals surface area contributed by atoms with Crippen molar-refractivity contribution in [2.24, 2.45) is 34.0 Å². The van der Waals surface area contributed by atoms with Crippen molar-refractivity contribution < 1.29 is 30.6 Å². The van der Waals surface area contributed by atoms with Crippen LogP contribution in [-0.2, 0) is 0 Å². The number of fused-ring (bicyclic) bond motifs is 3. The number of aliphatic hydroxyl groups is 6. The van der Waals surface area contributed by atoms with E-state index in [1.54, 1.807) is 0 Å². The van der Waals surface area contributed by atoms with Gasteiger partial charge in [0.2, 0.25) is 0 Å². The minimum atomic E-state index is -1.84. The minimum Gasteiger partial charge on any atom is -0.393 e. The molecule has 4 rings (SSSR count). The van der Waals surface area contributed by atoms with Crippen LogP contribution in [0.25, 0.3) is 0 Å². The summed E-state index contributed by atoms with van der Waals surface area (Å²) < 4.78 is 0. The Balaban J connectivity index is 1.91. The molecule has 0 radical (unpaired) electrons. The SMILES string of the molecule is CC1(C)CCC[C@@]2(C)[C@H]1C(O)C(O)[C@]13C(O)[C@H](CC[C@@H]12)[C@](O)(CO)C3O. The van der Waals surface area contributed by atoms with E-state index in [0.717, 1.165) is 19.3 Å². The molecule has 0 aromatic carbocycles. The molecular formula is C20H34O6. The maximum atomic E-state index is 11.2. The van der Waals surface area contributed by atoms with Crippen LogP contribution in [0.1, 0.15) is 52.9 Å². The topological polar surface area (TPSA) is 121 Å². The molecule has 0 heterocycles. The smallest absolute Gasteiger partial charge is 0.119 e. The van der Waals surface area contributed by atoms with Gasteiger partial charge in [0.15, 0.2) is 0 Å². The van der Waals surface area contributed by atoms with Crippen LogP contribution in [0.2, 0.25) is 0 Å². The third-order valence-electron chi connectivity index (χ3n) is 9.17. The molecule has 0 aliphatic heterocycles. The molecule has 6 N–H and O–H groups in total. The molecule has 4 aliphatic rings. The molecule has 4 unspecified atom stereocenters. The molecule has 6 nitrogen and oxygen atoms in total. The highest BCUT2D eigenvalue weighted by Crippen LogP contribution is 2.72. The van der Waals surface area contributed by atoms with Crippen LogP contribution >= 0.6 is 0 Å². The molecule has 26 heavy (non-hydrogen) atoms. The molecule has 4 aliphatic carbocycles. The van der Waals surface area contributed by atoms with E-state index >= 15 is 0 Å². The van der Waals surface area contributed by atoms with Crippen molar-refractivity contribution in [3.63, 3.8) is 0 Å². The van der Waals surface area contributed by atoms with Crippen LogP contribution in [0.3, 0.4) is 0 Å². The second-order valence-corrected chi connectivity index (χ2v) is 10.5.